The summed E-state index contributed by atoms with van der Waals surface area (Å²) >= 11 is 9.09. The van der Waals surface area contributed by atoms with E-state index in [0.717, 1.165) is 27.0 Å². The maximum atomic E-state index is 12.4. The topological polar surface area (TPSA) is 71.0 Å². The first-order valence-corrected chi connectivity index (χ1v) is 11.7. The lowest BCUT2D eigenvalue weighted by Gasteiger charge is -2.15. The summed E-state index contributed by atoms with van der Waals surface area (Å²) in [6.45, 7) is 2.70. The molecular weight excluding hydrogens is 450 g/mol. The smallest absolute Gasteiger partial charge is 0.234 e. The fourth-order valence-corrected chi connectivity index (χ4v) is 5.09. The average molecular weight is 470 g/mol. The molecule has 0 spiro atoms. The number of aromatic nitrogens is 3. The third-order valence-electron chi connectivity index (χ3n) is 4.48. The maximum Gasteiger partial charge on any atom is 0.234 e. The Kier molecular flexibility index (Phi) is 6.70. The third kappa shape index (κ3) is 5.33. The minimum atomic E-state index is -0.145. The van der Waals surface area contributed by atoms with Crippen LogP contribution in [-0.4, -0.2) is 33.7 Å². The molecule has 0 fully saturated rings. The summed E-state index contributed by atoms with van der Waals surface area (Å²) in [7, 11) is 2.00. The highest BCUT2D eigenvalue weighted by atomic mass is 35.5. The lowest BCUT2D eigenvalue weighted by Crippen LogP contribution is -2.15. The Morgan fingerprint density at radius 3 is 2.77 bits per heavy atom. The van der Waals surface area contributed by atoms with E-state index in [1.165, 1.54) is 35.0 Å². The second-order valence-electron chi connectivity index (χ2n) is 6.99. The van der Waals surface area contributed by atoms with Gasteiger partial charge in [0, 0.05) is 13.6 Å². The van der Waals surface area contributed by atoms with Gasteiger partial charge in [0.25, 0.3) is 0 Å². The third-order valence-corrected chi connectivity index (χ3v) is 7.07. The number of amides is 1. The molecule has 9 heteroatoms. The molecule has 0 saturated heterocycles. The van der Waals surface area contributed by atoms with Gasteiger partial charge in [-0.25, -0.2) is 9.97 Å². The normalized spacial score (nSPS) is 10.9. The van der Waals surface area contributed by atoms with Crippen molar-refractivity contribution in [1.29, 1.82) is 0 Å². The molecule has 0 radical (unpaired) electrons. The van der Waals surface area contributed by atoms with Crippen LogP contribution in [0.15, 0.2) is 59.9 Å². The first-order chi connectivity index (χ1) is 15.0. The number of carbonyl (C=O) groups excluding carboxylic acids is 1. The van der Waals surface area contributed by atoms with Gasteiger partial charge in [0.05, 0.1) is 16.5 Å². The van der Waals surface area contributed by atoms with Crippen molar-refractivity contribution in [3.63, 3.8) is 0 Å². The summed E-state index contributed by atoms with van der Waals surface area (Å²) in [5.74, 6) is 0.0668. The summed E-state index contributed by atoms with van der Waals surface area (Å²) in [5, 5.41) is 4.98. The highest BCUT2D eigenvalue weighted by Crippen LogP contribution is 2.34. The van der Waals surface area contributed by atoms with E-state index in [1.54, 1.807) is 6.07 Å². The van der Waals surface area contributed by atoms with Gasteiger partial charge in [-0.05, 0) is 30.2 Å². The summed E-state index contributed by atoms with van der Waals surface area (Å²) in [6.07, 6.45) is 1.49. The van der Waals surface area contributed by atoms with Crippen LogP contribution in [0.25, 0.3) is 10.3 Å². The number of nitrogens with zero attached hydrogens (tertiary/aromatic N) is 4. The molecule has 0 saturated carbocycles. The van der Waals surface area contributed by atoms with E-state index in [2.05, 4.69) is 37.3 Å². The molecule has 2 aromatic carbocycles. The van der Waals surface area contributed by atoms with Crippen molar-refractivity contribution in [2.45, 2.75) is 18.5 Å². The van der Waals surface area contributed by atoms with E-state index in [4.69, 9.17) is 11.6 Å². The molecule has 4 rings (SSSR count). The number of thioether (sulfide) groups is 1. The molecule has 0 atom stereocenters. The molecule has 2 aromatic heterocycles. The van der Waals surface area contributed by atoms with E-state index < -0.39 is 0 Å². The van der Waals surface area contributed by atoms with Crippen molar-refractivity contribution < 1.29 is 4.79 Å². The summed E-state index contributed by atoms with van der Waals surface area (Å²) < 4.78 is 0.878. The van der Waals surface area contributed by atoms with Gasteiger partial charge in [0.1, 0.15) is 16.1 Å². The van der Waals surface area contributed by atoms with Gasteiger partial charge in [-0.3, -0.25) is 4.79 Å². The molecule has 2 heterocycles. The first kappa shape index (κ1) is 21.5. The van der Waals surface area contributed by atoms with Crippen LogP contribution < -0.4 is 10.2 Å². The zero-order valence-corrected chi connectivity index (χ0v) is 19.4. The van der Waals surface area contributed by atoms with Crippen molar-refractivity contribution in [2.24, 2.45) is 0 Å². The van der Waals surface area contributed by atoms with Gasteiger partial charge >= 0.3 is 0 Å². The Morgan fingerprint density at radius 1 is 1.19 bits per heavy atom. The number of halogens is 1. The van der Waals surface area contributed by atoms with E-state index in [9.17, 15) is 4.79 Å². The van der Waals surface area contributed by atoms with Gasteiger partial charge in [-0.15, -0.1) is 0 Å². The fourth-order valence-electron chi connectivity index (χ4n) is 2.96. The van der Waals surface area contributed by atoms with Gasteiger partial charge in [-0.1, -0.05) is 71.1 Å². The number of benzene rings is 2. The minimum absolute atomic E-state index is 0.145. The number of fused-ring (bicyclic) bond motifs is 1. The van der Waals surface area contributed by atoms with Gasteiger partial charge in [-0.2, -0.15) is 4.98 Å². The molecule has 0 aliphatic rings. The highest BCUT2D eigenvalue weighted by molar-refractivity contribution is 8.00. The number of carbonyl (C=O) groups is 1. The first-order valence-electron chi connectivity index (χ1n) is 9.55. The second-order valence-corrected chi connectivity index (χ2v) is 9.34. The lowest BCUT2D eigenvalue weighted by molar-refractivity contribution is -0.113. The summed E-state index contributed by atoms with van der Waals surface area (Å²) in [5.41, 5.74) is 3.49. The zero-order valence-electron chi connectivity index (χ0n) is 17.0. The Morgan fingerprint density at radius 2 is 2.00 bits per heavy atom. The Bertz CT molecular complexity index is 1220. The molecule has 4 aromatic rings. The molecule has 1 N–H and O–H groups in total. The predicted octanol–water partition coefficient (Wildman–Crippen LogP) is 5.42. The van der Waals surface area contributed by atoms with E-state index >= 15 is 0 Å². The largest absolute Gasteiger partial charge is 0.347 e. The number of aryl methyl sites for hydroxylation is 1. The molecule has 0 aliphatic heterocycles. The fraction of sp³-hybridized carbons (Fsp3) is 0.182. The Balaban J connectivity index is 1.45. The van der Waals surface area contributed by atoms with Crippen molar-refractivity contribution in [3.05, 3.63) is 71.0 Å². The monoisotopic (exact) mass is 469 g/mol. The SMILES string of the molecule is Cc1ccc(NC(=O)CSc2ncnc3nc(N(C)Cc4ccccc4)sc23)c(Cl)c1. The minimum Gasteiger partial charge on any atom is -0.347 e. The van der Waals surface area contributed by atoms with Gasteiger partial charge in [0.2, 0.25) is 5.91 Å². The summed E-state index contributed by atoms with van der Waals surface area (Å²) in [6, 6.07) is 15.8. The zero-order chi connectivity index (χ0) is 21.8. The van der Waals surface area contributed by atoms with Crippen LogP contribution in [0.2, 0.25) is 5.02 Å². The number of rotatable bonds is 7. The molecule has 0 bridgehead atoms. The van der Waals surface area contributed by atoms with E-state index in [-0.39, 0.29) is 11.7 Å². The number of nitrogens with one attached hydrogen (secondary N) is 1. The highest BCUT2D eigenvalue weighted by Gasteiger charge is 2.15. The van der Waals surface area contributed by atoms with Gasteiger partial charge < -0.3 is 10.2 Å². The van der Waals surface area contributed by atoms with Crippen LogP contribution in [0.5, 0.6) is 0 Å². The Hall–Kier alpha value is -2.68. The second kappa shape index (κ2) is 9.64. The summed E-state index contributed by atoms with van der Waals surface area (Å²) in [4.78, 5) is 27.8. The lowest BCUT2D eigenvalue weighted by atomic mass is 10.2. The molecule has 31 heavy (non-hydrogen) atoms. The van der Waals surface area contributed by atoms with Crippen LogP contribution in [0.1, 0.15) is 11.1 Å². The molecule has 0 aliphatic carbocycles. The average Bonchev–Trinajstić information content (AvgIpc) is 3.20. The molecule has 158 valence electrons. The molecule has 0 unspecified atom stereocenters. The molecule has 6 nitrogen and oxygen atoms in total. The Labute approximate surface area is 193 Å². The number of hydrogen-bond acceptors (Lipinski definition) is 7. The predicted molar refractivity (Wildman–Crippen MR) is 129 cm³/mol. The van der Waals surface area contributed by atoms with Crippen LogP contribution >= 0.6 is 34.7 Å². The van der Waals surface area contributed by atoms with Crippen molar-refractivity contribution in [3.8, 4) is 0 Å². The number of anilines is 2. The van der Waals surface area contributed by atoms with Crippen LogP contribution in [0.3, 0.4) is 0 Å². The van der Waals surface area contributed by atoms with E-state index in [1.807, 2.05) is 44.3 Å². The standard InChI is InChI=1S/C22H20ClN5OS2/c1-14-8-9-17(16(23)10-14)26-18(29)12-30-21-19-20(24-13-25-21)27-22(31-19)28(2)11-15-6-4-3-5-7-15/h3-10,13H,11-12H2,1-2H3,(H,26,29). The van der Waals surface area contributed by atoms with Gasteiger partial charge in [0.15, 0.2) is 10.8 Å². The van der Waals surface area contributed by atoms with Crippen molar-refractivity contribution >= 4 is 61.8 Å². The van der Waals surface area contributed by atoms with Crippen molar-refractivity contribution in [2.75, 3.05) is 23.0 Å². The van der Waals surface area contributed by atoms with Crippen molar-refractivity contribution in [1.82, 2.24) is 15.0 Å². The molecule has 1 amide bonds. The van der Waals surface area contributed by atoms with Crippen LogP contribution in [0, 0.1) is 6.92 Å². The quantitative estimate of drug-likeness (QED) is 0.288. The van der Waals surface area contributed by atoms with Crippen LogP contribution in [-0.2, 0) is 11.3 Å². The maximum absolute atomic E-state index is 12.4. The van der Waals surface area contributed by atoms with Crippen LogP contribution in [0.4, 0.5) is 10.8 Å². The number of thiazole rings is 1. The molecular formula is C22H20ClN5OS2. The number of hydrogen-bond donors (Lipinski definition) is 1. The van der Waals surface area contributed by atoms with E-state index in [0.29, 0.717) is 16.4 Å².